The van der Waals surface area contributed by atoms with Crippen molar-refractivity contribution >= 4 is 6.03 Å². The fourth-order valence-electron chi connectivity index (χ4n) is 4.97. The summed E-state index contributed by atoms with van der Waals surface area (Å²) in [7, 11) is 0. The van der Waals surface area contributed by atoms with Crippen molar-refractivity contribution in [3.8, 4) is 0 Å². The Morgan fingerprint density at radius 1 is 1.00 bits per heavy atom. The predicted octanol–water partition coefficient (Wildman–Crippen LogP) is 1.78. The molecule has 4 fully saturated rings. The lowest BCUT2D eigenvalue weighted by Gasteiger charge is -2.54. The second kappa shape index (κ2) is 5.60. The summed E-state index contributed by atoms with van der Waals surface area (Å²) in [4.78, 5) is 12.4. The molecule has 0 aromatic heterocycles. The van der Waals surface area contributed by atoms with E-state index in [0.29, 0.717) is 25.2 Å². The Morgan fingerprint density at radius 3 is 2.39 bits per heavy atom. The van der Waals surface area contributed by atoms with Crippen LogP contribution in [0.15, 0.2) is 0 Å². The Morgan fingerprint density at radius 2 is 1.70 bits per heavy atom. The molecule has 2 saturated heterocycles. The van der Waals surface area contributed by atoms with Gasteiger partial charge in [-0.1, -0.05) is 13.8 Å². The van der Waals surface area contributed by atoms with Gasteiger partial charge in [-0.25, -0.2) is 4.79 Å². The van der Waals surface area contributed by atoms with Crippen LogP contribution in [0.25, 0.3) is 0 Å². The fourth-order valence-corrected chi connectivity index (χ4v) is 4.97. The number of amides is 2. The van der Waals surface area contributed by atoms with Gasteiger partial charge in [0, 0.05) is 42.9 Å². The maximum atomic E-state index is 12.4. The molecule has 6 nitrogen and oxygen atoms in total. The van der Waals surface area contributed by atoms with E-state index in [4.69, 9.17) is 14.2 Å². The maximum Gasteiger partial charge on any atom is 0.315 e. The third-order valence-corrected chi connectivity index (χ3v) is 6.28. The standard InChI is InChI=1S/C17H28N2O4/c1-16(2)13(12-5-8-21-14(12)16)19-15(20)18-11-3-6-17(7-4-11)22-9-10-23-17/h11-14H,3-10H2,1-2H3,(H2,18,19,20)/t12-,13-,14+/m1/s1. The predicted molar refractivity (Wildman–Crippen MR) is 84.0 cm³/mol. The van der Waals surface area contributed by atoms with Gasteiger partial charge in [0.15, 0.2) is 5.79 Å². The molecule has 0 aromatic carbocycles. The summed E-state index contributed by atoms with van der Waals surface area (Å²) in [5, 5.41) is 6.33. The van der Waals surface area contributed by atoms with Gasteiger partial charge in [0.25, 0.3) is 0 Å². The first-order valence-corrected chi connectivity index (χ1v) is 8.97. The Hall–Kier alpha value is -0.850. The lowest BCUT2D eigenvalue weighted by atomic mass is 9.57. The van der Waals surface area contributed by atoms with Crippen LogP contribution in [0.3, 0.4) is 0 Å². The molecule has 23 heavy (non-hydrogen) atoms. The second-order valence-electron chi connectivity index (χ2n) is 8.04. The maximum absolute atomic E-state index is 12.4. The number of nitrogens with one attached hydrogen (secondary N) is 2. The molecular weight excluding hydrogens is 296 g/mol. The van der Waals surface area contributed by atoms with Gasteiger partial charge in [0.2, 0.25) is 0 Å². The fraction of sp³-hybridized carbons (Fsp3) is 0.941. The summed E-state index contributed by atoms with van der Waals surface area (Å²) in [6.45, 7) is 6.58. The second-order valence-corrected chi connectivity index (χ2v) is 8.04. The zero-order valence-corrected chi connectivity index (χ0v) is 14.1. The third-order valence-electron chi connectivity index (χ3n) is 6.28. The van der Waals surface area contributed by atoms with E-state index in [1.165, 1.54) is 0 Å². The average molecular weight is 324 g/mol. The van der Waals surface area contributed by atoms with Gasteiger partial charge < -0.3 is 24.8 Å². The number of fused-ring (bicyclic) bond motifs is 1. The number of hydrogen-bond acceptors (Lipinski definition) is 4. The Kier molecular flexibility index (Phi) is 3.82. The van der Waals surface area contributed by atoms with Crippen molar-refractivity contribution in [1.82, 2.24) is 10.6 Å². The topological polar surface area (TPSA) is 68.8 Å². The molecule has 0 radical (unpaired) electrons. The summed E-state index contributed by atoms with van der Waals surface area (Å²) in [6, 6.07) is 0.390. The van der Waals surface area contributed by atoms with E-state index in [1.54, 1.807) is 0 Å². The van der Waals surface area contributed by atoms with Crippen LogP contribution in [0.1, 0.15) is 46.0 Å². The zero-order valence-electron chi connectivity index (χ0n) is 14.1. The molecule has 2 heterocycles. The van der Waals surface area contributed by atoms with Crippen LogP contribution in [0, 0.1) is 11.3 Å². The number of ether oxygens (including phenoxy) is 3. The van der Waals surface area contributed by atoms with Crippen molar-refractivity contribution in [3.63, 3.8) is 0 Å². The Labute approximate surface area is 137 Å². The molecule has 2 N–H and O–H groups in total. The summed E-state index contributed by atoms with van der Waals surface area (Å²) in [5.74, 6) is 0.115. The molecule has 6 heteroatoms. The Bertz CT molecular complexity index is 465. The van der Waals surface area contributed by atoms with Gasteiger partial charge in [-0.2, -0.15) is 0 Å². The number of rotatable bonds is 2. The minimum absolute atomic E-state index is 0.0284. The molecular formula is C17H28N2O4. The average Bonchev–Trinajstić information content (AvgIpc) is 3.16. The van der Waals surface area contributed by atoms with E-state index in [1.807, 2.05) is 0 Å². The highest BCUT2D eigenvalue weighted by molar-refractivity contribution is 5.75. The molecule has 3 atom stereocenters. The normalized spacial score (nSPS) is 40.4. The van der Waals surface area contributed by atoms with Crippen LogP contribution in [0.5, 0.6) is 0 Å². The number of carbonyl (C=O) groups excluding carboxylic acids is 1. The number of urea groups is 1. The minimum Gasteiger partial charge on any atom is -0.377 e. The highest BCUT2D eigenvalue weighted by Crippen LogP contribution is 2.52. The van der Waals surface area contributed by atoms with Crippen molar-refractivity contribution in [2.75, 3.05) is 19.8 Å². The van der Waals surface area contributed by atoms with Gasteiger partial charge in [0.1, 0.15) is 0 Å². The van der Waals surface area contributed by atoms with Crippen LogP contribution >= 0.6 is 0 Å². The van der Waals surface area contributed by atoms with Gasteiger partial charge in [-0.05, 0) is 19.3 Å². The van der Waals surface area contributed by atoms with E-state index < -0.39 is 0 Å². The van der Waals surface area contributed by atoms with Crippen molar-refractivity contribution < 1.29 is 19.0 Å². The monoisotopic (exact) mass is 324 g/mol. The van der Waals surface area contributed by atoms with Gasteiger partial charge in [-0.3, -0.25) is 0 Å². The summed E-state index contributed by atoms with van der Waals surface area (Å²) in [6.07, 6.45) is 4.92. The van der Waals surface area contributed by atoms with Crippen molar-refractivity contribution in [3.05, 3.63) is 0 Å². The molecule has 130 valence electrons. The van der Waals surface area contributed by atoms with E-state index in [0.717, 1.165) is 38.7 Å². The first kappa shape index (κ1) is 15.7. The summed E-state index contributed by atoms with van der Waals surface area (Å²) >= 11 is 0. The van der Waals surface area contributed by atoms with E-state index in [2.05, 4.69) is 24.5 Å². The van der Waals surface area contributed by atoms with Crippen molar-refractivity contribution in [2.45, 2.75) is 69.9 Å². The molecule has 4 aliphatic rings. The smallest absolute Gasteiger partial charge is 0.315 e. The molecule has 0 aromatic rings. The molecule has 0 unspecified atom stereocenters. The molecule has 2 aliphatic carbocycles. The third kappa shape index (κ3) is 2.65. The summed E-state index contributed by atoms with van der Waals surface area (Å²) < 4.78 is 17.3. The van der Waals surface area contributed by atoms with Crippen LogP contribution in [0.4, 0.5) is 4.79 Å². The number of carbonyl (C=O) groups is 1. The van der Waals surface area contributed by atoms with E-state index in [-0.39, 0.29) is 29.3 Å². The van der Waals surface area contributed by atoms with Gasteiger partial charge in [-0.15, -0.1) is 0 Å². The Balaban J connectivity index is 1.26. The molecule has 2 aliphatic heterocycles. The lowest BCUT2D eigenvalue weighted by molar-refractivity contribution is -0.179. The van der Waals surface area contributed by atoms with Gasteiger partial charge in [0.05, 0.1) is 19.3 Å². The van der Waals surface area contributed by atoms with Crippen LogP contribution in [-0.2, 0) is 14.2 Å². The largest absolute Gasteiger partial charge is 0.377 e. The van der Waals surface area contributed by atoms with Crippen LogP contribution in [0.2, 0.25) is 0 Å². The summed E-state index contributed by atoms with van der Waals surface area (Å²) in [5.41, 5.74) is 0.0284. The molecule has 2 amide bonds. The molecule has 1 spiro atoms. The van der Waals surface area contributed by atoms with Crippen LogP contribution in [-0.4, -0.2) is 49.8 Å². The molecule has 0 bridgehead atoms. The molecule has 2 saturated carbocycles. The number of hydrogen-bond donors (Lipinski definition) is 2. The molecule has 4 rings (SSSR count). The van der Waals surface area contributed by atoms with Crippen LogP contribution < -0.4 is 10.6 Å². The van der Waals surface area contributed by atoms with Crippen molar-refractivity contribution in [1.29, 1.82) is 0 Å². The minimum atomic E-state index is -0.362. The van der Waals surface area contributed by atoms with Gasteiger partial charge >= 0.3 is 6.03 Å². The quantitative estimate of drug-likeness (QED) is 0.812. The highest BCUT2D eigenvalue weighted by Gasteiger charge is 2.59. The SMILES string of the molecule is CC1(C)[C@H](NC(=O)NC2CCC3(CC2)OCCO3)[C@H]2CCO[C@@H]21. The highest BCUT2D eigenvalue weighted by atomic mass is 16.7. The van der Waals surface area contributed by atoms with E-state index in [9.17, 15) is 4.79 Å². The van der Waals surface area contributed by atoms with E-state index >= 15 is 0 Å². The zero-order chi connectivity index (χ0) is 16.1. The lowest BCUT2D eigenvalue weighted by Crippen LogP contribution is -2.68. The first-order chi connectivity index (χ1) is 11.0. The first-order valence-electron chi connectivity index (χ1n) is 8.97. The van der Waals surface area contributed by atoms with Crippen molar-refractivity contribution in [2.24, 2.45) is 11.3 Å².